The number of alkyl halides is 3. The number of aromatic nitrogens is 4. The van der Waals surface area contributed by atoms with Crippen molar-refractivity contribution in [3.63, 3.8) is 0 Å². The van der Waals surface area contributed by atoms with E-state index in [1.54, 1.807) is 48.5 Å². The number of nitrogens with zero attached hydrogens (tertiary/aromatic N) is 5. The molecule has 232 valence electrons. The zero-order valence-corrected chi connectivity index (χ0v) is 24.0. The molecule has 0 aliphatic heterocycles. The molecule has 0 unspecified atom stereocenters. The molecule has 0 aliphatic rings. The molecule has 45 heavy (non-hydrogen) atoms. The normalized spacial score (nSPS) is 11.4. The molecule has 2 heterocycles. The van der Waals surface area contributed by atoms with Crippen LogP contribution in [0, 0.1) is 10.1 Å². The highest BCUT2D eigenvalue weighted by molar-refractivity contribution is 5.68. The van der Waals surface area contributed by atoms with E-state index in [1.165, 1.54) is 44.8 Å². The molecule has 0 aliphatic carbocycles. The van der Waals surface area contributed by atoms with Crippen LogP contribution in [0.3, 0.4) is 0 Å². The highest BCUT2D eigenvalue weighted by Crippen LogP contribution is 2.33. The largest absolute Gasteiger partial charge is 0.497 e. The van der Waals surface area contributed by atoms with Crippen LogP contribution in [0.5, 0.6) is 11.5 Å². The molecule has 11 nitrogen and oxygen atoms in total. The Morgan fingerprint density at radius 3 is 1.91 bits per heavy atom. The van der Waals surface area contributed by atoms with Crippen LogP contribution in [0.2, 0.25) is 0 Å². The number of benzene rings is 3. The molecule has 0 saturated heterocycles. The smallest absolute Gasteiger partial charge is 0.416 e. The second-order valence-electron chi connectivity index (χ2n) is 9.99. The van der Waals surface area contributed by atoms with Gasteiger partial charge in [0.05, 0.1) is 50.5 Å². The average Bonchev–Trinajstić information content (AvgIpc) is 3.48. The second-order valence-corrected chi connectivity index (χ2v) is 9.99. The predicted octanol–water partition coefficient (Wildman–Crippen LogP) is 4.96. The van der Waals surface area contributed by atoms with Gasteiger partial charge in [-0.05, 0) is 47.0 Å². The van der Waals surface area contributed by atoms with E-state index in [1.807, 2.05) is 0 Å². The first-order chi connectivity index (χ1) is 21.5. The van der Waals surface area contributed by atoms with Crippen LogP contribution in [0.1, 0.15) is 22.3 Å². The Bertz CT molecular complexity index is 1960. The molecule has 5 rings (SSSR count). The van der Waals surface area contributed by atoms with E-state index in [0.29, 0.717) is 22.6 Å². The van der Waals surface area contributed by atoms with Crippen LogP contribution in [0.25, 0.3) is 11.3 Å². The molecular weight excluding hydrogens is 595 g/mol. The van der Waals surface area contributed by atoms with E-state index in [9.17, 15) is 32.9 Å². The van der Waals surface area contributed by atoms with Gasteiger partial charge in [-0.25, -0.2) is 9.36 Å². The first kappa shape index (κ1) is 30.8. The summed E-state index contributed by atoms with van der Waals surface area (Å²) >= 11 is 0. The summed E-state index contributed by atoms with van der Waals surface area (Å²) in [5.74, 6) is 1.08. The maximum Gasteiger partial charge on any atom is 0.416 e. The molecule has 2 aromatic heterocycles. The topological polar surface area (TPSA) is 123 Å². The lowest BCUT2D eigenvalue weighted by Crippen LogP contribution is -2.42. The minimum atomic E-state index is -4.61. The third-order valence-corrected chi connectivity index (χ3v) is 7.15. The van der Waals surface area contributed by atoms with E-state index in [2.05, 4.69) is 5.10 Å². The molecule has 14 heteroatoms. The maximum atomic E-state index is 14.0. The highest BCUT2D eigenvalue weighted by Gasteiger charge is 2.33. The minimum absolute atomic E-state index is 0.00509. The summed E-state index contributed by atoms with van der Waals surface area (Å²) in [7, 11) is 2.97. The van der Waals surface area contributed by atoms with Gasteiger partial charge in [0.25, 0.3) is 0 Å². The molecular formula is C31H26F3N5O6. The molecule has 3 aromatic carbocycles. The Labute approximate surface area is 253 Å². The van der Waals surface area contributed by atoms with Crippen LogP contribution in [0.4, 0.5) is 18.9 Å². The number of hydrogen-bond donors (Lipinski definition) is 0. The Balaban J connectivity index is 1.66. The lowest BCUT2D eigenvalue weighted by Gasteiger charge is -2.16. The van der Waals surface area contributed by atoms with Gasteiger partial charge >= 0.3 is 23.1 Å². The van der Waals surface area contributed by atoms with Gasteiger partial charge in [0.1, 0.15) is 17.2 Å². The van der Waals surface area contributed by atoms with Gasteiger partial charge in [0.15, 0.2) is 0 Å². The number of rotatable bonds is 10. The van der Waals surface area contributed by atoms with E-state index in [-0.39, 0.29) is 36.5 Å². The third-order valence-electron chi connectivity index (χ3n) is 7.15. The molecule has 0 saturated carbocycles. The fraction of sp³-hybridized carbons (Fsp3) is 0.194. The van der Waals surface area contributed by atoms with Crippen molar-refractivity contribution in [3.8, 4) is 22.8 Å². The van der Waals surface area contributed by atoms with Crippen LogP contribution < -0.4 is 20.7 Å². The van der Waals surface area contributed by atoms with Crippen molar-refractivity contribution in [1.82, 2.24) is 18.9 Å². The second kappa shape index (κ2) is 12.5. The Kier molecular flexibility index (Phi) is 8.57. The number of halogens is 3. The minimum Gasteiger partial charge on any atom is -0.497 e. The fourth-order valence-corrected chi connectivity index (χ4v) is 4.94. The van der Waals surface area contributed by atoms with Gasteiger partial charge in [0.2, 0.25) is 0 Å². The summed E-state index contributed by atoms with van der Waals surface area (Å²) in [6.45, 7) is -0.760. The molecule has 0 fully saturated rings. The van der Waals surface area contributed by atoms with Crippen molar-refractivity contribution in [2.45, 2.75) is 25.8 Å². The standard InChI is InChI=1S/C31H26F3N5O6/c1-44-24-11-7-20(8-12-24)16-37-27(23-15-35-36(19-23)18-22-5-3-4-6-26(22)31(32,33)34)28(39(42)43)29(40)38(30(37)41)17-21-9-13-25(45-2)14-10-21/h3-15,19H,16-18H2,1-2H3. The van der Waals surface area contributed by atoms with E-state index in [4.69, 9.17) is 9.47 Å². The maximum absolute atomic E-state index is 14.0. The van der Waals surface area contributed by atoms with Gasteiger partial charge in [-0.3, -0.25) is 24.2 Å². The van der Waals surface area contributed by atoms with Crippen molar-refractivity contribution in [2.24, 2.45) is 0 Å². The number of hydrogen-bond acceptors (Lipinski definition) is 7. The van der Waals surface area contributed by atoms with Crippen LogP contribution in [-0.4, -0.2) is 38.1 Å². The van der Waals surface area contributed by atoms with Crippen LogP contribution in [-0.2, 0) is 25.8 Å². The molecule has 0 spiro atoms. The van der Waals surface area contributed by atoms with Gasteiger partial charge in [0, 0.05) is 11.8 Å². The lowest BCUT2D eigenvalue weighted by molar-refractivity contribution is -0.386. The highest BCUT2D eigenvalue weighted by atomic mass is 19.4. The summed E-state index contributed by atoms with van der Waals surface area (Å²) in [6, 6.07) is 18.1. The van der Waals surface area contributed by atoms with Crippen LogP contribution >= 0.6 is 0 Å². The Hall–Kier alpha value is -5.66. The van der Waals surface area contributed by atoms with E-state index in [0.717, 1.165) is 19.9 Å². The zero-order valence-electron chi connectivity index (χ0n) is 24.0. The first-order valence-corrected chi connectivity index (χ1v) is 13.5. The summed E-state index contributed by atoms with van der Waals surface area (Å²) in [5.41, 5.74) is -3.03. The number of ether oxygens (including phenoxy) is 2. The van der Waals surface area contributed by atoms with Gasteiger partial charge in [-0.15, -0.1) is 0 Å². The van der Waals surface area contributed by atoms with Gasteiger partial charge in [-0.2, -0.15) is 18.3 Å². The summed E-state index contributed by atoms with van der Waals surface area (Å²) in [4.78, 5) is 39.2. The Morgan fingerprint density at radius 1 is 0.822 bits per heavy atom. The fourth-order valence-electron chi connectivity index (χ4n) is 4.94. The Morgan fingerprint density at radius 2 is 1.38 bits per heavy atom. The van der Waals surface area contributed by atoms with E-state index >= 15 is 0 Å². The van der Waals surface area contributed by atoms with Gasteiger partial charge < -0.3 is 9.47 Å². The van der Waals surface area contributed by atoms with Gasteiger partial charge in [-0.1, -0.05) is 42.5 Å². The SMILES string of the molecule is COc1ccc(Cn2c(-c3cnn(Cc4ccccc4C(F)(F)F)c3)c([N+](=O)[O-])c(=O)n(Cc3ccc(OC)cc3)c2=O)cc1. The van der Waals surface area contributed by atoms with E-state index < -0.39 is 33.6 Å². The molecule has 0 radical (unpaired) electrons. The summed E-state index contributed by atoms with van der Waals surface area (Å²) < 4.78 is 54.2. The molecule has 0 N–H and O–H groups in total. The quantitative estimate of drug-likeness (QED) is 0.160. The van der Waals surface area contributed by atoms with Crippen LogP contribution in [0.15, 0.2) is 94.8 Å². The summed E-state index contributed by atoms with van der Waals surface area (Å²) in [6.07, 6.45) is -2.17. The number of methoxy groups -OCH3 is 2. The zero-order chi connectivity index (χ0) is 32.3. The average molecular weight is 622 g/mol. The van der Waals surface area contributed by atoms with Crippen molar-refractivity contribution in [1.29, 1.82) is 0 Å². The third kappa shape index (κ3) is 6.49. The molecule has 0 atom stereocenters. The van der Waals surface area contributed by atoms with Crippen molar-refractivity contribution >= 4 is 5.69 Å². The molecule has 0 bridgehead atoms. The lowest BCUT2D eigenvalue weighted by atomic mass is 10.1. The van der Waals surface area contributed by atoms with Crippen molar-refractivity contribution in [2.75, 3.05) is 14.2 Å². The van der Waals surface area contributed by atoms with Crippen molar-refractivity contribution < 1.29 is 27.6 Å². The monoisotopic (exact) mass is 621 g/mol. The summed E-state index contributed by atoms with van der Waals surface area (Å²) in [5, 5.41) is 16.6. The first-order valence-electron chi connectivity index (χ1n) is 13.5. The van der Waals surface area contributed by atoms with Crippen molar-refractivity contribution in [3.05, 3.63) is 138 Å². The number of nitro groups is 1. The molecule has 5 aromatic rings. The predicted molar refractivity (Wildman–Crippen MR) is 158 cm³/mol. The molecule has 0 amide bonds.